The molecule has 2 bridgehead atoms. The van der Waals surface area contributed by atoms with Gasteiger partial charge in [0.2, 0.25) is 6.29 Å². The van der Waals surface area contributed by atoms with Gasteiger partial charge in [0, 0.05) is 5.41 Å². The zero-order valence-corrected chi connectivity index (χ0v) is 8.55. The van der Waals surface area contributed by atoms with E-state index in [1.807, 2.05) is 13.2 Å². The van der Waals surface area contributed by atoms with Gasteiger partial charge in [0.1, 0.15) is 5.60 Å². The number of fused-ring (bicyclic) bond motifs is 2. The molecule has 73 valence electrons. The van der Waals surface area contributed by atoms with Crippen LogP contribution in [0.3, 0.4) is 0 Å². The highest BCUT2D eigenvalue weighted by molar-refractivity contribution is 5.67. The molecular weight excluding hydrogens is 164 g/mol. The molecule has 3 unspecified atom stereocenters. The summed E-state index contributed by atoms with van der Waals surface area (Å²) in [4.78, 5) is 10.8. The van der Waals surface area contributed by atoms with Gasteiger partial charge in [-0.05, 0) is 30.6 Å². The van der Waals surface area contributed by atoms with Crippen molar-refractivity contribution in [2.75, 3.05) is 0 Å². The van der Waals surface area contributed by atoms with Crippen LogP contribution in [-0.4, -0.2) is 17.0 Å². The number of hydrogen-bond acceptors (Lipinski definition) is 2. The lowest BCUT2D eigenvalue weighted by molar-refractivity contribution is -0.0361. The van der Waals surface area contributed by atoms with Gasteiger partial charge in [-0.3, -0.25) is 4.79 Å². The second-order valence-corrected chi connectivity index (χ2v) is 5.46. The molecule has 2 fully saturated rings. The molecule has 0 amide bonds. The van der Waals surface area contributed by atoms with Crippen LogP contribution in [0, 0.1) is 16.7 Å². The monoisotopic (exact) mass is 181 g/mol. The molecule has 2 heteroatoms. The predicted molar refractivity (Wildman–Crippen MR) is 49.9 cm³/mol. The van der Waals surface area contributed by atoms with Crippen LogP contribution in [0.1, 0.15) is 40.0 Å². The summed E-state index contributed by atoms with van der Waals surface area (Å²) in [5.74, 6) is 0.490. The zero-order valence-electron chi connectivity index (χ0n) is 8.55. The molecular formula is C11H17O2. The number of carbonyl (C=O) groups excluding carboxylic acids is 1. The molecule has 0 spiro atoms. The Bertz CT molecular complexity index is 259. The molecule has 2 rings (SSSR count). The Balaban J connectivity index is 2.49. The molecule has 2 saturated carbocycles. The van der Waals surface area contributed by atoms with Gasteiger partial charge in [0.05, 0.1) is 0 Å². The van der Waals surface area contributed by atoms with E-state index < -0.39 is 5.60 Å². The van der Waals surface area contributed by atoms with E-state index in [0.29, 0.717) is 12.3 Å². The smallest absolute Gasteiger partial charge is 0.233 e. The third-order valence-corrected chi connectivity index (χ3v) is 5.06. The summed E-state index contributed by atoms with van der Waals surface area (Å²) in [6, 6.07) is 0. The average molecular weight is 181 g/mol. The van der Waals surface area contributed by atoms with Gasteiger partial charge < -0.3 is 5.11 Å². The van der Waals surface area contributed by atoms with Crippen LogP contribution in [0.2, 0.25) is 0 Å². The number of hydrogen-bond donors (Lipinski definition) is 1. The quantitative estimate of drug-likeness (QED) is 0.668. The minimum atomic E-state index is -1.18. The minimum Gasteiger partial charge on any atom is -0.381 e. The second kappa shape index (κ2) is 2.17. The Labute approximate surface area is 79.3 Å². The van der Waals surface area contributed by atoms with Crippen molar-refractivity contribution in [3.05, 3.63) is 0 Å². The van der Waals surface area contributed by atoms with E-state index >= 15 is 0 Å². The number of rotatable bonds is 1. The zero-order chi connectivity index (χ0) is 9.91. The summed E-state index contributed by atoms with van der Waals surface area (Å²) < 4.78 is 0. The highest BCUT2D eigenvalue weighted by atomic mass is 16.3. The first kappa shape index (κ1) is 9.20. The summed E-state index contributed by atoms with van der Waals surface area (Å²) >= 11 is 0. The molecule has 0 aromatic heterocycles. The van der Waals surface area contributed by atoms with Crippen molar-refractivity contribution in [3.8, 4) is 0 Å². The standard InChI is InChI=1S/C11H17O2/c1-9(2)8-4-5-10(9,3)11(13,6-8)7-12/h8,13H,4-6H2,1-3H3. The van der Waals surface area contributed by atoms with Crippen molar-refractivity contribution in [1.29, 1.82) is 0 Å². The fourth-order valence-electron chi connectivity index (χ4n) is 3.43. The molecule has 0 heterocycles. The van der Waals surface area contributed by atoms with Crippen LogP contribution in [0.25, 0.3) is 0 Å². The third kappa shape index (κ3) is 0.762. The fourth-order valence-corrected chi connectivity index (χ4v) is 3.43. The van der Waals surface area contributed by atoms with Crippen molar-refractivity contribution in [2.24, 2.45) is 16.7 Å². The summed E-state index contributed by atoms with van der Waals surface area (Å²) in [5, 5.41) is 10.2. The molecule has 0 aromatic rings. The highest BCUT2D eigenvalue weighted by Gasteiger charge is 2.68. The molecule has 2 aliphatic rings. The van der Waals surface area contributed by atoms with Gasteiger partial charge in [0.25, 0.3) is 0 Å². The summed E-state index contributed by atoms with van der Waals surface area (Å²) in [5.41, 5.74) is -1.36. The lowest BCUT2D eigenvalue weighted by Gasteiger charge is -2.41. The van der Waals surface area contributed by atoms with Gasteiger partial charge >= 0.3 is 0 Å². The van der Waals surface area contributed by atoms with Gasteiger partial charge in [0.15, 0.2) is 0 Å². The van der Waals surface area contributed by atoms with Crippen molar-refractivity contribution < 1.29 is 9.90 Å². The van der Waals surface area contributed by atoms with E-state index in [9.17, 15) is 9.90 Å². The first-order chi connectivity index (χ1) is 5.87. The Morgan fingerprint density at radius 2 is 2.00 bits per heavy atom. The highest BCUT2D eigenvalue weighted by Crippen LogP contribution is 2.68. The normalized spacial score (nSPS) is 52.5. The fraction of sp³-hybridized carbons (Fsp3) is 0.909. The van der Waals surface area contributed by atoms with E-state index in [-0.39, 0.29) is 10.8 Å². The Hall–Kier alpha value is -0.370. The Morgan fingerprint density at radius 1 is 1.38 bits per heavy atom. The van der Waals surface area contributed by atoms with E-state index in [0.717, 1.165) is 12.8 Å². The molecule has 2 nitrogen and oxygen atoms in total. The summed E-state index contributed by atoms with van der Waals surface area (Å²) in [6.45, 7) is 6.37. The molecule has 13 heavy (non-hydrogen) atoms. The lowest BCUT2D eigenvalue weighted by atomic mass is 9.65. The Morgan fingerprint density at radius 3 is 2.23 bits per heavy atom. The molecule has 3 atom stereocenters. The first-order valence-electron chi connectivity index (χ1n) is 4.99. The van der Waals surface area contributed by atoms with Crippen molar-refractivity contribution in [2.45, 2.75) is 45.6 Å². The van der Waals surface area contributed by atoms with Gasteiger partial charge in [-0.2, -0.15) is 0 Å². The number of aliphatic hydroxyl groups is 1. The predicted octanol–water partition coefficient (Wildman–Crippen LogP) is 1.67. The summed E-state index contributed by atoms with van der Waals surface area (Å²) in [7, 11) is 0. The van der Waals surface area contributed by atoms with Crippen molar-refractivity contribution in [1.82, 2.24) is 0 Å². The van der Waals surface area contributed by atoms with Crippen LogP contribution < -0.4 is 0 Å². The molecule has 0 saturated heterocycles. The van der Waals surface area contributed by atoms with Gasteiger partial charge in [-0.25, -0.2) is 0 Å². The topological polar surface area (TPSA) is 37.3 Å². The van der Waals surface area contributed by atoms with Gasteiger partial charge in [-0.15, -0.1) is 0 Å². The SMILES string of the molecule is CC1(C)C2CCC1(C)C(O)([C]=O)C2. The maximum atomic E-state index is 10.8. The Kier molecular flexibility index (Phi) is 1.53. The van der Waals surface area contributed by atoms with Crippen molar-refractivity contribution >= 4 is 6.29 Å². The van der Waals surface area contributed by atoms with Crippen molar-refractivity contribution in [3.63, 3.8) is 0 Å². The van der Waals surface area contributed by atoms with Crippen LogP contribution in [-0.2, 0) is 4.79 Å². The van der Waals surface area contributed by atoms with Crippen LogP contribution in [0.4, 0.5) is 0 Å². The van der Waals surface area contributed by atoms with Gasteiger partial charge in [-0.1, -0.05) is 20.8 Å². The van der Waals surface area contributed by atoms with E-state index in [2.05, 4.69) is 13.8 Å². The lowest BCUT2D eigenvalue weighted by Crippen LogP contribution is -2.48. The minimum absolute atomic E-state index is 0.0825. The largest absolute Gasteiger partial charge is 0.381 e. The summed E-state index contributed by atoms with van der Waals surface area (Å²) in [6.07, 6.45) is 4.59. The average Bonchev–Trinajstić information content (AvgIpc) is 2.36. The molecule has 0 aliphatic heterocycles. The van der Waals surface area contributed by atoms with E-state index in [1.54, 1.807) is 0 Å². The molecule has 2 aliphatic carbocycles. The molecule has 0 aromatic carbocycles. The van der Waals surface area contributed by atoms with Crippen LogP contribution in [0.5, 0.6) is 0 Å². The van der Waals surface area contributed by atoms with Crippen LogP contribution in [0.15, 0.2) is 0 Å². The van der Waals surface area contributed by atoms with E-state index in [4.69, 9.17) is 0 Å². The molecule has 1 N–H and O–H groups in total. The maximum absolute atomic E-state index is 10.8. The first-order valence-corrected chi connectivity index (χ1v) is 4.99. The maximum Gasteiger partial charge on any atom is 0.233 e. The van der Waals surface area contributed by atoms with E-state index in [1.165, 1.54) is 0 Å². The van der Waals surface area contributed by atoms with Crippen LogP contribution >= 0.6 is 0 Å². The third-order valence-electron chi connectivity index (χ3n) is 5.06. The second-order valence-electron chi connectivity index (χ2n) is 5.46. The molecule has 1 radical (unpaired) electrons.